The van der Waals surface area contributed by atoms with E-state index in [4.69, 9.17) is 15.5 Å². The summed E-state index contributed by atoms with van der Waals surface area (Å²) in [6.07, 6.45) is 0. The molecule has 1 aliphatic rings. The number of nitrogens with zero attached hydrogens (tertiary/aromatic N) is 2. The zero-order valence-corrected chi connectivity index (χ0v) is 20.3. The lowest BCUT2D eigenvalue weighted by molar-refractivity contribution is 0.123. The van der Waals surface area contributed by atoms with Crippen LogP contribution in [0.5, 0.6) is 5.75 Å². The molecule has 4 N–H and O–H groups in total. The number of benzene rings is 2. The Kier molecular flexibility index (Phi) is 6.14. The summed E-state index contributed by atoms with van der Waals surface area (Å²) < 4.78 is 6.36. The summed E-state index contributed by atoms with van der Waals surface area (Å²) in [6.45, 7) is 9.74. The first-order valence-corrected chi connectivity index (χ1v) is 11.8. The van der Waals surface area contributed by atoms with Crippen LogP contribution in [-0.4, -0.2) is 36.4 Å². The second-order valence-electron chi connectivity index (χ2n) is 8.62. The Labute approximate surface area is 195 Å². The van der Waals surface area contributed by atoms with Crippen molar-refractivity contribution < 1.29 is 9.84 Å². The molecule has 31 heavy (non-hydrogen) atoms. The van der Waals surface area contributed by atoms with Crippen molar-refractivity contribution in [1.29, 1.82) is 0 Å². The number of ether oxygens (including phenoxy) is 1. The zero-order chi connectivity index (χ0) is 22.2. The van der Waals surface area contributed by atoms with Crippen LogP contribution in [0.4, 0.5) is 21.5 Å². The molecule has 1 aliphatic heterocycles. The van der Waals surface area contributed by atoms with Crippen molar-refractivity contribution in [3.8, 4) is 16.9 Å². The maximum atomic E-state index is 10.7. The molecule has 164 valence electrons. The molecule has 2 heterocycles. The maximum absolute atomic E-state index is 10.7. The number of anilines is 4. The summed E-state index contributed by atoms with van der Waals surface area (Å²) in [7, 11) is 0. The Morgan fingerprint density at radius 1 is 1.16 bits per heavy atom. The number of hydrogen-bond donors (Lipinski definition) is 3. The largest absolute Gasteiger partial charge is 0.507 e. The van der Waals surface area contributed by atoms with Gasteiger partial charge in [0.05, 0.1) is 24.6 Å². The number of rotatable bonds is 4. The van der Waals surface area contributed by atoms with Crippen molar-refractivity contribution in [2.45, 2.75) is 26.2 Å². The van der Waals surface area contributed by atoms with E-state index in [1.807, 2.05) is 30.3 Å². The third-order valence-electron chi connectivity index (χ3n) is 5.17. The summed E-state index contributed by atoms with van der Waals surface area (Å²) >= 11 is 5.28. The minimum atomic E-state index is -0.0809. The SMILES string of the molecule is CC(C)(C)c1nc(Nc2cc(O)c(-c3ccc(N)cc3)cc2Br)sc1N1CCOCC1. The van der Waals surface area contributed by atoms with E-state index in [1.165, 1.54) is 5.00 Å². The molecule has 3 aromatic rings. The lowest BCUT2D eigenvalue weighted by Crippen LogP contribution is -2.37. The first kappa shape index (κ1) is 21.9. The molecule has 0 amide bonds. The minimum absolute atomic E-state index is 0.0809. The molecular formula is C23H27BrN4O2S. The van der Waals surface area contributed by atoms with Crippen molar-refractivity contribution in [1.82, 2.24) is 4.98 Å². The van der Waals surface area contributed by atoms with Gasteiger partial charge in [-0.15, -0.1) is 0 Å². The molecule has 0 aliphatic carbocycles. The van der Waals surface area contributed by atoms with Gasteiger partial charge in [0.25, 0.3) is 0 Å². The molecule has 0 saturated carbocycles. The number of hydrogen-bond acceptors (Lipinski definition) is 7. The minimum Gasteiger partial charge on any atom is -0.507 e. The molecule has 1 saturated heterocycles. The van der Waals surface area contributed by atoms with Crippen molar-refractivity contribution in [2.24, 2.45) is 0 Å². The van der Waals surface area contributed by atoms with E-state index in [-0.39, 0.29) is 11.2 Å². The normalized spacial score (nSPS) is 14.6. The van der Waals surface area contributed by atoms with Crippen LogP contribution in [0.2, 0.25) is 0 Å². The highest BCUT2D eigenvalue weighted by molar-refractivity contribution is 9.10. The average Bonchev–Trinajstić information content (AvgIpc) is 3.16. The van der Waals surface area contributed by atoms with Crippen LogP contribution in [0, 0.1) is 0 Å². The van der Waals surface area contributed by atoms with Gasteiger partial charge in [-0.3, -0.25) is 0 Å². The number of nitrogens with two attached hydrogens (primary N) is 1. The molecule has 6 nitrogen and oxygen atoms in total. The number of nitrogens with one attached hydrogen (secondary N) is 1. The van der Waals surface area contributed by atoms with Gasteiger partial charge >= 0.3 is 0 Å². The molecule has 0 bridgehead atoms. The van der Waals surface area contributed by atoms with E-state index in [1.54, 1.807) is 17.4 Å². The standard InChI is InChI=1S/C23H27BrN4O2S/c1-23(2,3)20-21(28-8-10-30-11-9-28)31-22(27-20)26-18-13-19(29)16(12-17(18)24)14-4-6-15(25)7-5-14/h4-7,12-13,29H,8-11,25H2,1-3H3,(H,26,27). The second kappa shape index (κ2) is 8.68. The van der Waals surface area contributed by atoms with Crippen molar-refractivity contribution in [3.05, 3.63) is 46.6 Å². The lowest BCUT2D eigenvalue weighted by atomic mass is 9.92. The molecule has 1 aromatic heterocycles. The number of aromatic nitrogens is 1. The first-order valence-electron chi connectivity index (χ1n) is 10.2. The number of halogens is 1. The van der Waals surface area contributed by atoms with E-state index in [0.717, 1.165) is 58.4 Å². The van der Waals surface area contributed by atoms with Crippen LogP contribution in [0.1, 0.15) is 26.5 Å². The summed E-state index contributed by atoms with van der Waals surface area (Å²) in [5.41, 5.74) is 9.86. The summed E-state index contributed by atoms with van der Waals surface area (Å²) in [5, 5.41) is 16.0. The summed E-state index contributed by atoms with van der Waals surface area (Å²) in [6, 6.07) is 11.1. The Morgan fingerprint density at radius 2 is 1.84 bits per heavy atom. The second-order valence-corrected chi connectivity index (χ2v) is 10.5. The van der Waals surface area contributed by atoms with Gasteiger partial charge in [-0.1, -0.05) is 44.2 Å². The highest BCUT2D eigenvalue weighted by Crippen LogP contribution is 2.42. The number of phenolic OH excluding ortho intramolecular Hbond substituents is 1. The smallest absolute Gasteiger partial charge is 0.189 e. The number of aromatic hydroxyl groups is 1. The number of thiazole rings is 1. The quantitative estimate of drug-likeness (QED) is 0.394. The molecule has 0 radical (unpaired) electrons. The predicted molar refractivity (Wildman–Crippen MR) is 133 cm³/mol. The van der Waals surface area contributed by atoms with E-state index in [2.05, 4.69) is 46.9 Å². The zero-order valence-electron chi connectivity index (χ0n) is 17.9. The van der Waals surface area contributed by atoms with Crippen molar-refractivity contribution >= 4 is 48.8 Å². The van der Waals surface area contributed by atoms with Crippen LogP contribution in [0.3, 0.4) is 0 Å². The molecule has 8 heteroatoms. The fraction of sp³-hybridized carbons (Fsp3) is 0.348. The first-order chi connectivity index (χ1) is 14.7. The van der Waals surface area contributed by atoms with Crippen LogP contribution in [0.15, 0.2) is 40.9 Å². The van der Waals surface area contributed by atoms with Gasteiger partial charge in [-0.25, -0.2) is 4.98 Å². The third-order valence-corrected chi connectivity index (χ3v) is 6.85. The van der Waals surface area contributed by atoms with Crippen molar-refractivity contribution in [2.75, 3.05) is 42.3 Å². The Bertz CT molecular complexity index is 1070. The Morgan fingerprint density at radius 3 is 2.48 bits per heavy atom. The summed E-state index contributed by atoms with van der Waals surface area (Å²) in [5.74, 6) is 0.191. The Hall–Kier alpha value is -2.29. The molecule has 1 fully saturated rings. The average molecular weight is 503 g/mol. The molecule has 0 unspecified atom stereocenters. The van der Waals surface area contributed by atoms with E-state index in [9.17, 15) is 5.11 Å². The van der Waals surface area contributed by atoms with Gasteiger partial charge < -0.3 is 25.8 Å². The molecule has 0 spiro atoms. The van der Waals surface area contributed by atoms with Crippen LogP contribution < -0.4 is 16.0 Å². The lowest BCUT2D eigenvalue weighted by Gasteiger charge is -2.30. The Balaban J connectivity index is 1.65. The highest BCUT2D eigenvalue weighted by atomic mass is 79.9. The van der Waals surface area contributed by atoms with Gasteiger partial charge in [0.2, 0.25) is 0 Å². The number of morpholine rings is 1. The van der Waals surface area contributed by atoms with Gasteiger partial charge in [0, 0.05) is 40.3 Å². The van der Waals surface area contributed by atoms with Crippen LogP contribution >= 0.6 is 27.3 Å². The van der Waals surface area contributed by atoms with Gasteiger partial charge in [0.1, 0.15) is 10.8 Å². The van der Waals surface area contributed by atoms with Crippen LogP contribution in [-0.2, 0) is 10.2 Å². The van der Waals surface area contributed by atoms with E-state index < -0.39 is 0 Å². The molecule has 0 atom stereocenters. The third kappa shape index (κ3) is 4.81. The topological polar surface area (TPSA) is 83.6 Å². The van der Waals surface area contributed by atoms with Crippen molar-refractivity contribution in [3.63, 3.8) is 0 Å². The van der Waals surface area contributed by atoms with Gasteiger partial charge in [-0.2, -0.15) is 0 Å². The van der Waals surface area contributed by atoms with E-state index >= 15 is 0 Å². The van der Waals surface area contributed by atoms with Crippen LogP contribution in [0.25, 0.3) is 11.1 Å². The maximum Gasteiger partial charge on any atom is 0.189 e. The molecule has 4 rings (SSSR count). The van der Waals surface area contributed by atoms with E-state index in [0.29, 0.717) is 5.69 Å². The fourth-order valence-corrected chi connectivity index (χ4v) is 5.19. The molecular weight excluding hydrogens is 476 g/mol. The predicted octanol–water partition coefficient (Wildman–Crippen LogP) is 5.74. The van der Waals surface area contributed by atoms with Gasteiger partial charge in [-0.05, 0) is 39.7 Å². The van der Waals surface area contributed by atoms with Gasteiger partial charge in [0.15, 0.2) is 5.13 Å². The number of nitrogen functional groups attached to an aromatic ring is 1. The highest BCUT2D eigenvalue weighted by Gasteiger charge is 2.28. The molecule has 2 aromatic carbocycles. The monoisotopic (exact) mass is 502 g/mol. The summed E-state index contributed by atoms with van der Waals surface area (Å²) in [4.78, 5) is 7.27. The number of phenols is 1. The fourth-order valence-electron chi connectivity index (χ4n) is 3.50.